The van der Waals surface area contributed by atoms with E-state index in [2.05, 4.69) is 89.3 Å². The molecule has 0 amide bonds. The quantitative estimate of drug-likeness (QED) is 0.382. The second-order valence-electron chi connectivity index (χ2n) is 8.29. The molecule has 0 saturated carbocycles. The molecular weight excluding hydrogens is 530 g/mol. The molecule has 4 heteroatoms. The number of benzene rings is 3. The Labute approximate surface area is 237 Å². The van der Waals surface area contributed by atoms with E-state index in [-0.39, 0.29) is 77.5 Å². The van der Waals surface area contributed by atoms with Crippen LogP contribution < -0.4 is 5.32 Å². The average molecular weight is 559 g/mol. The van der Waals surface area contributed by atoms with Crippen molar-refractivity contribution in [3.05, 3.63) is 105 Å². The van der Waals surface area contributed by atoms with Crippen LogP contribution in [0.25, 0.3) is 0 Å². The number of aryl methyl sites for hydroxylation is 1. The Kier molecular flexibility index (Phi) is 9.41. The van der Waals surface area contributed by atoms with E-state index in [1.165, 1.54) is 50.1 Å². The van der Waals surface area contributed by atoms with Crippen molar-refractivity contribution < 1.29 is 65.4 Å². The number of rotatable bonds is 3. The number of aliphatic imine (C=N–C) groups is 1. The molecule has 3 aromatic rings. The van der Waals surface area contributed by atoms with Crippen molar-refractivity contribution in [2.75, 3.05) is 0 Å². The minimum Gasteiger partial charge on any atom is -0.361 e. The second kappa shape index (κ2) is 11.0. The standard InChI is InChI=1S/C27H29N2.2Y/c1-16-12-14-23(15-13-16)26-25(22-10-8-7-9-11-22)28-27(29-26)24-20(5)18(3)17(2)19(4)21(24)6;;/h8-15,25-26H,1-6H3,(H,28,29);;/q-1;;/t25-,26+;;/m0../s1. The first-order chi connectivity index (χ1) is 13.9. The van der Waals surface area contributed by atoms with E-state index in [4.69, 9.17) is 4.99 Å². The summed E-state index contributed by atoms with van der Waals surface area (Å²) in [5, 5.41) is 3.79. The Morgan fingerprint density at radius 3 is 1.74 bits per heavy atom. The Balaban J connectivity index is 0.00000171. The number of amidine groups is 1. The monoisotopic (exact) mass is 559 g/mol. The van der Waals surface area contributed by atoms with Gasteiger partial charge < -0.3 is 5.32 Å². The molecule has 1 N–H and O–H groups in total. The Morgan fingerprint density at radius 2 is 1.19 bits per heavy atom. The van der Waals surface area contributed by atoms with E-state index >= 15 is 0 Å². The van der Waals surface area contributed by atoms with E-state index in [0.717, 1.165) is 5.84 Å². The molecule has 3 aromatic carbocycles. The normalized spacial score (nSPS) is 17.3. The van der Waals surface area contributed by atoms with Crippen LogP contribution in [0, 0.1) is 47.6 Å². The van der Waals surface area contributed by atoms with Gasteiger partial charge in [0.05, 0.1) is 12.1 Å². The summed E-state index contributed by atoms with van der Waals surface area (Å²) in [6.45, 7) is 13.2. The zero-order valence-corrected chi connectivity index (χ0v) is 25.1. The van der Waals surface area contributed by atoms with Gasteiger partial charge in [-0.3, -0.25) is 4.99 Å². The number of hydrogen-bond acceptors (Lipinski definition) is 2. The summed E-state index contributed by atoms with van der Waals surface area (Å²) >= 11 is 0. The zero-order valence-electron chi connectivity index (χ0n) is 19.4. The Hall–Kier alpha value is -0.662. The van der Waals surface area contributed by atoms with E-state index in [9.17, 15) is 0 Å². The smallest absolute Gasteiger partial charge is 0.130 e. The minimum absolute atomic E-state index is 0. The molecule has 2 atom stereocenters. The zero-order chi connectivity index (χ0) is 20.7. The maximum atomic E-state index is 5.23. The predicted molar refractivity (Wildman–Crippen MR) is 122 cm³/mol. The third-order valence-corrected chi connectivity index (χ3v) is 6.63. The topological polar surface area (TPSA) is 24.4 Å². The van der Waals surface area contributed by atoms with Crippen LogP contribution in [0.2, 0.25) is 0 Å². The van der Waals surface area contributed by atoms with Gasteiger partial charge in [-0.2, -0.15) is 30.3 Å². The maximum Gasteiger partial charge on any atom is 0.130 e. The van der Waals surface area contributed by atoms with Crippen molar-refractivity contribution in [3.63, 3.8) is 0 Å². The van der Waals surface area contributed by atoms with Crippen LogP contribution in [0.5, 0.6) is 0 Å². The molecule has 0 aromatic heterocycles. The second-order valence-corrected chi connectivity index (χ2v) is 8.29. The predicted octanol–water partition coefficient (Wildman–Crippen LogP) is 6.16. The summed E-state index contributed by atoms with van der Waals surface area (Å²) in [6, 6.07) is 20.3. The minimum atomic E-state index is 0. The van der Waals surface area contributed by atoms with Gasteiger partial charge in [-0.05, 0) is 74.9 Å². The first-order valence-electron chi connectivity index (χ1n) is 10.3. The van der Waals surface area contributed by atoms with Crippen molar-refractivity contribution >= 4 is 5.84 Å². The van der Waals surface area contributed by atoms with Gasteiger partial charge in [0.25, 0.3) is 0 Å². The maximum absolute atomic E-state index is 5.23. The average Bonchev–Trinajstić information content (AvgIpc) is 3.17. The third-order valence-electron chi connectivity index (χ3n) is 6.63. The number of nitrogens with one attached hydrogen (secondary N) is 1. The van der Waals surface area contributed by atoms with Crippen LogP contribution in [-0.2, 0) is 65.4 Å². The van der Waals surface area contributed by atoms with Gasteiger partial charge in [0.2, 0.25) is 0 Å². The van der Waals surface area contributed by atoms with Crippen molar-refractivity contribution in [2.24, 2.45) is 4.99 Å². The molecule has 31 heavy (non-hydrogen) atoms. The fourth-order valence-corrected chi connectivity index (χ4v) is 4.37. The van der Waals surface area contributed by atoms with Gasteiger partial charge in [-0.25, -0.2) is 0 Å². The summed E-state index contributed by atoms with van der Waals surface area (Å²) in [6.07, 6.45) is 0. The molecule has 2 radical (unpaired) electrons. The van der Waals surface area contributed by atoms with Gasteiger partial charge in [0, 0.05) is 71.0 Å². The third kappa shape index (κ3) is 5.14. The summed E-state index contributed by atoms with van der Waals surface area (Å²) in [7, 11) is 0. The SMILES string of the molecule is Cc1ccc([C@H]2NC(c3c(C)c(C)c(C)c(C)c3C)=N[C@H]2c2cc[c-]cc2)cc1.[Y].[Y]. The van der Waals surface area contributed by atoms with Crippen LogP contribution in [0.4, 0.5) is 0 Å². The molecule has 2 nitrogen and oxygen atoms in total. The number of nitrogens with zero attached hydrogens (tertiary/aromatic N) is 1. The molecule has 0 spiro atoms. The van der Waals surface area contributed by atoms with E-state index in [0.29, 0.717) is 0 Å². The first-order valence-corrected chi connectivity index (χ1v) is 10.3. The van der Waals surface area contributed by atoms with Gasteiger partial charge in [-0.15, -0.1) is 5.56 Å². The first kappa shape index (κ1) is 26.6. The van der Waals surface area contributed by atoms with E-state index in [1.54, 1.807) is 0 Å². The Morgan fingerprint density at radius 1 is 0.677 bits per heavy atom. The van der Waals surface area contributed by atoms with Crippen LogP contribution in [-0.4, -0.2) is 5.84 Å². The summed E-state index contributed by atoms with van der Waals surface area (Å²) in [5.74, 6) is 1.01. The van der Waals surface area contributed by atoms with Gasteiger partial charge >= 0.3 is 0 Å². The van der Waals surface area contributed by atoms with Crippen molar-refractivity contribution in [1.82, 2.24) is 5.32 Å². The fourth-order valence-electron chi connectivity index (χ4n) is 4.37. The van der Waals surface area contributed by atoms with Crippen LogP contribution in [0.15, 0.2) is 53.5 Å². The van der Waals surface area contributed by atoms with Crippen molar-refractivity contribution in [3.8, 4) is 0 Å². The summed E-state index contributed by atoms with van der Waals surface area (Å²) in [4.78, 5) is 5.23. The van der Waals surface area contributed by atoms with Gasteiger partial charge in [0.1, 0.15) is 5.84 Å². The Bertz CT molecular complexity index is 1060. The molecular formula is C27H29N2Y2-. The molecule has 0 unspecified atom stereocenters. The van der Waals surface area contributed by atoms with E-state index in [1.807, 2.05) is 12.1 Å². The summed E-state index contributed by atoms with van der Waals surface area (Å²) < 4.78 is 0. The van der Waals surface area contributed by atoms with Gasteiger partial charge in [0.15, 0.2) is 0 Å². The van der Waals surface area contributed by atoms with Crippen molar-refractivity contribution in [2.45, 2.75) is 53.6 Å². The number of hydrogen-bond donors (Lipinski definition) is 1. The van der Waals surface area contributed by atoms with Gasteiger partial charge in [-0.1, -0.05) is 29.8 Å². The molecule has 0 saturated heterocycles. The molecule has 0 aliphatic carbocycles. The van der Waals surface area contributed by atoms with E-state index < -0.39 is 0 Å². The molecule has 0 fully saturated rings. The molecule has 1 heterocycles. The molecule has 1 aliphatic heterocycles. The summed E-state index contributed by atoms with van der Waals surface area (Å²) in [5.41, 5.74) is 11.8. The molecule has 154 valence electrons. The molecule has 1 aliphatic rings. The molecule has 0 bridgehead atoms. The van der Waals surface area contributed by atoms with Crippen LogP contribution >= 0.6 is 0 Å². The molecule has 4 rings (SSSR count). The fraction of sp³-hybridized carbons (Fsp3) is 0.296. The van der Waals surface area contributed by atoms with Crippen LogP contribution in [0.1, 0.15) is 62.2 Å². The largest absolute Gasteiger partial charge is 0.361 e. The van der Waals surface area contributed by atoms with Crippen LogP contribution in [0.3, 0.4) is 0 Å². The van der Waals surface area contributed by atoms with Crippen molar-refractivity contribution in [1.29, 1.82) is 0 Å².